The first-order valence-corrected chi connectivity index (χ1v) is 9.41. The van der Waals surface area contributed by atoms with E-state index in [0.29, 0.717) is 30.0 Å². The van der Waals surface area contributed by atoms with Crippen molar-refractivity contribution in [3.63, 3.8) is 0 Å². The van der Waals surface area contributed by atoms with Gasteiger partial charge in [0.25, 0.3) is 5.91 Å². The first-order valence-electron chi connectivity index (χ1n) is 9.41. The summed E-state index contributed by atoms with van der Waals surface area (Å²) in [4.78, 5) is 27.7. The fourth-order valence-electron chi connectivity index (χ4n) is 3.61. The molecule has 0 bridgehead atoms. The van der Waals surface area contributed by atoms with Crippen LogP contribution in [0.4, 0.5) is 0 Å². The van der Waals surface area contributed by atoms with Gasteiger partial charge in [-0.2, -0.15) is 0 Å². The van der Waals surface area contributed by atoms with Crippen molar-refractivity contribution in [2.24, 2.45) is 5.92 Å². The Morgan fingerprint density at radius 1 is 1.31 bits per heavy atom. The molecule has 1 aliphatic carbocycles. The topological polar surface area (TPSA) is 71.8 Å². The highest BCUT2D eigenvalue weighted by Gasteiger charge is 2.40. The van der Waals surface area contributed by atoms with Crippen molar-refractivity contribution < 1.29 is 18.7 Å². The van der Waals surface area contributed by atoms with Crippen molar-refractivity contribution in [3.8, 4) is 5.75 Å². The maximum Gasteiger partial charge on any atom is 0.261 e. The lowest BCUT2D eigenvalue weighted by atomic mass is 9.97. The van der Waals surface area contributed by atoms with Crippen molar-refractivity contribution in [2.45, 2.75) is 38.6 Å². The number of nitrogens with one attached hydrogen (secondary N) is 1. The summed E-state index contributed by atoms with van der Waals surface area (Å²) in [6.07, 6.45) is 5.16. The molecule has 2 heterocycles. The van der Waals surface area contributed by atoms with Gasteiger partial charge in [-0.05, 0) is 57.4 Å². The molecule has 2 fully saturated rings. The standard InChI is InChI=1S/C20H24N2O4/c1-2-25-17-10-14(11-18-16(17)7-9-26-18)20(24)22(15-5-6-15)19(23)13-4-3-8-21-12-13/h7,9-11,13,15,21H,2-6,8,12H2,1H3. The predicted molar refractivity (Wildman–Crippen MR) is 97.2 cm³/mol. The fraction of sp³-hybridized carbons (Fsp3) is 0.500. The molecule has 6 nitrogen and oxygen atoms in total. The summed E-state index contributed by atoms with van der Waals surface area (Å²) in [7, 11) is 0. The van der Waals surface area contributed by atoms with Crippen LogP contribution >= 0.6 is 0 Å². The molecule has 1 aromatic heterocycles. The molecule has 138 valence electrons. The molecule has 1 saturated carbocycles. The number of amides is 2. The molecule has 2 aromatic rings. The number of hydrogen-bond donors (Lipinski definition) is 1. The minimum Gasteiger partial charge on any atom is -0.493 e. The fourth-order valence-corrected chi connectivity index (χ4v) is 3.61. The zero-order valence-corrected chi connectivity index (χ0v) is 15.0. The Bertz CT molecular complexity index is 818. The number of imide groups is 1. The third kappa shape index (κ3) is 3.21. The Kier molecular flexibility index (Phi) is 4.68. The molecule has 2 aliphatic rings. The second-order valence-electron chi connectivity index (χ2n) is 7.03. The number of fused-ring (bicyclic) bond motifs is 1. The zero-order valence-electron chi connectivity index (χ0n) is 15.0. The third-order valence-corrected chi connectivity index (χ3v) is 5.09. The van der Waals surface area contributed by atoms with Gasteiger partial charge >= 0.3 is 0 Å². The number of furan rings is 1. The number of benzene rings is 1. The van der Waals surface area contributed by atoms with Crippen LogP contribution in [0.5, 0.6) is 5.75 Å². The van der Waals surface area contributed by atoms with E-state index in [4.69, 9.17) is 9.15 Å². The van der Waals surface area contributed by atoms with E-state index in [-0.39, 0.29) is 23.8 Å². The molecular formula is C20H24N2O4. The molecule has 1 aliphatic heterocycles. The zero-order chi connectivity index (χ0) is 18.1. The smallest absolute Gasteiger partial charge is 0.261 e. The van der Waals surface area contributed by atoms with Crippen molar-refractivity contribution >= 4 is 22.8 Å². The highest BCUT2D eigenvalue weighted by atomic mass is 16.5. The van der Waals surface area contributed by atoms with E-state index in [1.807, 2.05) is 13.0 Å². The van der Waals surface area contributed by atoms with E-state index in [9.17, 15) is 9.59 Å². The average Bonchev–Trinajstić information content (AvgIpc) is 3.38. The van der Waals surface area contributed by atoms with E-state index >= 15 is 0 Å². The van der Waals surface area contributed by atoms with E-state index in [2.05, 4.69) is 5.32 Å². The number of ether oxygens (including phenoxy) is 1. The molecule has 1 atom stereocenters. The Hall–Kier alpha value is -2.34. The number of hydrogen-bond acceptors (Lipinski definition) is 5. The number of nitrogens with zero attached hydrogens (tertiary/aromatic N) is 1. The van der Waals surface area contributed by atoms with Gasteiger partial charge in [-0.15, -0.1) is 0 Å². The molecule has 4 rings (SSSR count). The lowest BCUT2D eigenvalue weighted by Gasteiger charge is -2.28. The van der Waals surface area contributed by atoms with Gasteiger partial charge in [0.15, 0.2) is 0 Å². The number of piperidine rings is 1. The van der Waals surface area contributed by atoms with Gasteiger partial charge < -0.3 is 14.5 Å². The average molecular weight is 356 g/mol. The minimum absolute atomic E-state index is 0.0276. The summed E-state index contributed by atoms with van der Waals surface area (Å²) in [6.45, 7) is 3.98. The number of carbonyl (C=O) groups excluding carboxylic acids is 2. The van der Waals surface area contributed by atoms with Gasteiger partial charge in [-0.1, -0.05) is 0 Å². The molecule has 26 heavy (non-hydrogen) atoms. The maximum atomic E-state index is 13.2. The van der Waals surface area contributed by atoms with Crippen molar-refractivity contribution in [1.29, 1.82) is 0 Å². The summed E-state index contributed by atoms with van der Waals surface area (Å²) >= 11 is 0. The van der Waals surface area contributed by atoms with Crippen LogP contribution in [-0.2, 0) is 4.79 Å². The number of rotatable bonds is 5. The Labute approximate surface area is 152 Å². The van der Waals surface area contributed by atoms with Crippen LogP contribution in [0.3, 0.4) is 0 Å². The van der Waals surface area contributed by atoms with E-state index < -0.39 is 0 Å². The highest BCUT2D eigenvalue weighted by Crippen LogP contribution is 2.33. The summed E-state index contributed by atoms with van der Waals surface area (Å²) < 4.78 is 11.2. The van der Waals surface area contributed by atoms with Crippen molar-refractivity contribution in [2.75, 3.05) is 19.7 Å². The third-order valence-electron chi connectivity index (χ3n) is 5.09. The quantitative estimate of drug-likeness (QED) is 0.834. The Morgan fingerprint density at radius 2 is 2.15 bits per heavy atom. The van der Waals surface area contributed by atoms with E-state index in [1.54, 1.807) is 18.4 Å². The number of carbonyl (C=O) groups is 2. The monoisotopic (exact) mass is 356 g/mol. The van der Waals surface area contributed by atoms with Crippen molar-refractivity contribution in [1.82, 2.24) is 10.2 Å². The molecule has 2 amide bonds. The van der Waals surface area contributed by atoms with Crippen molar-refractivity contribution in [3.05, 3.63) is 30.0 Å². The Balaban J connectivity index is 1.65. The molecule has 1 unspecified atom stereocenters. The molecule has 0 radical (unpaired) electrons. The lowest BCUT2D eigenvalue weighted by molar-refractivity contribution is -0.133. The molecule has 1 N–H and O–H groups in total. The van der Waals surface area contributed by atoms with Gasteiger partial charge in [0.1, 0.15) is 11.3 Å². The molecule has 0 spiro atoms. The van der Waals surface area contributed by atoms with Gasteiger partial charge in [0.2, 0.25) is 5.91 Å². The Morgan fingerprint density at radius 3 is 2.85 bits per heavy atom. The molecular weight excluding hydrogens is 332 g/mol. The first kappa shape index (κ1) is 17.1. The van der Waals surface area contributed by atoms with Crippen LogP contribution in [0.2, 0.25) is 0 Å². The maximum absolute atomic E-state index is 13.2. The highest BCUT2D eigenvalue weighted by molar-refractivity contribution is 6.08. The van der Waals surface area contributed by atoms with Crippen LogP contribution in [0.1, 0.15) is 43.0 Å². The second-order valence-corrected chi connectivity index (χ2v) is 7.03. The van der Waals surface area contributed by atoms with E-state index in [1.165, 1.54) is 4.90 Å². The van der Waals surface area contributed by atoms with Gasteiger partial charge in [-0.3, -0.25) is 14.5 Å². The molecule has 6 heteroatoms. The first-order chi connectivity index (χ1) is 12.7. The lowest BCUT2D eigenvalue weighted by Crippen LogP contribution is -2.46. The second kappa shape index (κ2) is 7.11. The van der Waals surface area contributed by atoms with Gasteiger partial charge in [0, 0.05) is 18.2 Å². The summed E-state index contributed by atoms with van der Waals surface area (Å²) in [6, 6.07) is 5.29. The summed E-state index contributed by atoms with van der Waals surface area (Å²) in [5.74, 6) is 0.196. The van der Waals surface area contributed by atoms with E-state index in [0.717, 1.165) is 37.6 Å². The molecule has 1 aromatic carbocycles. The largest absolute Gasteiger partial charge is 0.493 e. The van der Waals surface area contributed by atoms with Crippen LogP contribution in [0.15, 0.2) is 28.9 Å². The summed E-state index contributed by atoms with van der Waals surface area (Å²) in [5, 5.41) is 4.10. The predicted octanol–water partition coefficient (Wildman–Crippen LogP) is 2.96. The van der Waals surface area contributed by atoms with Crippen LogP contribution < -0.4 is 10.1 Å². The minimum atomic E-state index is -0.248. The van der Waals surface area contributed by atoms with Crippen LogP contribution in [0, 0.1) is 5.92 Å². The van der Waals surface area contributed by atoms with Crippen LogP contribution in [-0.4, -0.2) is 42.5 Å². The van der Waals surface area contributed by atoms with Crippen LogP contribution in [0.25, 0.3) is 11.0 Å². The summed E-state index contributed by atoms with van der Waals surface area (Å²) in [5.41, 5.74) is 1.04. The molecule has 1 saturated heterocycles. The SMILES string of the molecule is CCOc1cc(C(=O)N(C(=O)C2CCCNC2)C2CC2)cc2occc12. The van der Waals surface area contributed by atoms with Gasteiger partial charge in [-0.25, -0.2) is 0 Å². The normalized spacial score (nSPS) is 20.1. The van der Waals surface area contributed by atoms with Gasteiger partial charge in [0.05, 0.1) is 24.2 Å².